The van der Waals surface area contributed by atoms with Crippen LogP contribution in [-0.4, -0.2) is 45.9 Å². The number of aliphatic hydroxyl groups is 1. The van der Waals surface area contributed by atoms with Crippen molar-refractivity contribution in [1.82, 2.24) is 15.2 Å². The van der Waals surface area contributed by atoms with Crippen LogP contribution >= 0.6 is 0 Å². The van der Waals surface area contributed by atoms with E-state index >= 15 is 0 Å². The molecule has 1 amide bonds. The number of aliphatic hydroxyl groups excluding tert-OH is 1. The number of likely N-dealkylation sites (N-methyl/N-ethyl adjacent to an activating group) is 1. The maximum atomic E-state index is 12.2. The average Bonchev–Trinajstić information content (AvgIpc) is 2.54. The largest absolute Gasteiger partial charge is 0.392 e. The Kier molecular flexibility index (Phi) is 4.97. The van der Waals surface area contributed by atoms with Crippen molar-refractivity contribution in [1.29, 1.82) is 0 Å². The number of nitrogens with zero attached hydrogens (tertiary/aromatic N) is 5. The maximum absolute atomic E-state index is 12.2. The number of nitrogens with two attached hydrogens (primary N) is 1. The van der Waals surface area contributed by atoms with Gasteiger partial charge in [-0.05, 0) is 31.2 Å². The molecule has 0 fully saturated rings. The number of hydrogen-bond acceptors (Lipinski definition) is 7. The maximum Gasteiger partial charge on any atom is 0.275 e. The lowest BCUT2D eigenvalue weighted by atomic mass is 10.2. The number of hydrazine groups is 1. The van der Waals surface area contributed by atoms with E-state index in [0.29, 0.717) is 17.9 Å². The zero-order chi connectivity index (χ0) is 16.1. The highest BCUT2D eigenvalue weighted by Crippen LogP contribution is 2.14. The zero-order valence-electron chi connectivity index (χ0n) is 12.4. The standard InChI is InChI=1S/C14H18N6O2/c1-10(21)9-19(2)12-5-6-13(18-17-12)20(15)14(22)11-4-3-7-16-8-11/h3-8,10,21H,9,15H2,1-2H3. The van der Waals surface area contributed by atoms with Crippen molar-refractivity contribution >= 4 is 17.5 Å². The van der Waals surface area contributed by atoms with Gasteiger partial charge in [-0.25, -0.2) is 10.9 Å². The second kappa shape index (κ2) is 6.92. The van der Waals surface area contributed by atoms with E-state index in [1.54, 1.807) is 49.3 Å². The summed E-state index contributed by atoms with van der Waals surface area (Å²) in [6, 6.07) is 6.55. The molecule has 0 spiro atoms. The van der Waals surface area contributed by atoms with Crippen LogP contribution in [0.3, 0.4) is 0 Å². The van der Waals surface area contributed by atoms with E-state index in [1.165, 1.54) is 6.20 Å². The van der Waals surface area contributed by atoms with Gasteiger partial charge in [-0.15, -0.1) is 10.2 Å². The van der Waals surface area contributed by atoms with Gasteiger partial charge in [0, 0.05) is 26.0 Å². The number of carbonyl (C=O) groups excluding carboxylic acids is 1. The van der Waals surface area contributed by atoms with E-state index in [-0.39, 0.29) is 5.82 Å². The SMILES string of the molecule is CC(O)CN(C)c1ccc(N(N)C(=O)c2cccnc2)nn1. The third-order valence-electron chi connectivity index (χ3n) is 2.94. The third kappa shape index (κ3) is 3.74. The van der Waals surface area contributed by atoms with Gasteiger partial charge < -0.3 is 10.0 Å². The quantitative estimate of drug-likeness (QED) is 0.461. The van der Waals surface area contributed by atoms with Crippen LogP contribution in [0.5, 0.6) is 0 Å². The molecule has 8 heteroatoms. The smallest absolute Gasteiger partial charge is 0.275 e. The summed E-state index contributed by atoms with van der Waals surface area (Å²) in [5.74, 6) is 6.15. The second-order valence-corrected chi connectivity index (χ2v) is 4.90. The lowest BCUT2D eigenvalue weighted by Gasteiger charge is -2.20. The molecule has 0 aliphatic rings. The Morgan fingerprint density at radius 1 is 1.32 bits per heavy atom. The number of hydrogen-bond donors (Lipinski definition) is 2. The lowest BCUT2D eigenvalue weighted by Crippen LogP contribution is -2.38. The summed E-state index contributed by atoms with van der Waals surface area (Å²) in [6.07, 6.45) is 2.52. The van der Waals surface area contributed by atoms with Crippen molar-refractivity contribution in [2.75, 3.05) is 23.5 Å². The molecule has 0 saturated carbocycles. The molecule has 2 heterocycles. The molecule has 1 unspecified atom stereocenters. The normalized spacial score (nSPS) is 11.8. The average molecular weight is 302 g/mol. The molecular weight excluding hydrogens is 284 g/mol. The first-order valence-electron chi connectivity index (χ1n) is 6.71. The molecule has 0 saturated heterocycles. The first-order chi connectivity index (χ1) is 10.5. The minimum Gasteiger partial charge on any atom is -0.392 e. The molecule has 8 nitrogen and oxygen atoms in total. The predicted octanol–water partition coefficient (Wildman–Crippen LogP) is 0.209. The van der Waals surface area contributed by atoms with E-state index < -0.39 is 12.0 Å². The molecule has 116 valence electrons. The monoisotopic (exact) mass is 302 g/mol. The molecular formula is C14H18N6O2. The minimum atomic E-state index is -0.482. The van der Waals surface area contributed by atoms with Crippen molar-refractivity contribution in [3.05, 3.63) is 42.2 Å². The molecule has 0 bridgehead atoms. The highest BCUT2D eigenvalue weighted by atomic mass is 16.3. The molecule has 0 aliphatic heterocycles. The van der Waals surface area contributed by atoms with Gasteiger partial charge in [-0.3, -0.25) is 9.78 Å². The number of pyridine rings is 1. The third-order valence-corrected chi connectivity index (χ3v) is 2.94. The summed E-state index contributed by atoms with van der Waals surface area (Å²) in [6.45, 7) is 2.11. The van der Waals surface area contributed by atoms with Gasteiger partial charge in [0.2, 0.25) is 0 Å². The Bertz CT molecular complexity index is 617. The van der Waals surface area contributed by atoms with Gasteiger partial charge in [-0.1, -0.05) is 0 Å². The highest BCUT2D eigenvalue weighted by molar-refractivity contribution is 6.04. The first-order valence-corrected chi connectivity index (χ1v) is 6.71. The van der Waals surface area contributed by atoms with E-state index in [9.17, 15) is 9.90 Å². The zero-order valence-corrected chi connectivity index (χ0v) is 12.4. The van der Waals surface area contributed by atoms with Gasteiger partial charge in [0.15, 0.2) is 11.6 Å². The van der Waals surface area contributed by atoms with E-state index in [0.717, 1.165) is 5.01 Å². The molecule has 2 aromatic rings. The van der Waals surface area contributed by atoms with Crippen LogP contribution in [-0.2, 0) is 0 Å². The Labute approximate surface area is 128 Å². The summed E-state index contributed by atoms with van der Waals surface area (Å²) in [4.78, 5) is 17.8. The van der Waals surface area contributed by atoms with Gasteiger partial charge in [-0.2, -0.15) is 0 Å². The number of amides is 1. The molecule has 0 radical (unpaired) electrons. The van der Waals surface area contributed by atoms with E-state index in [1.807, 2.05) is 0 Å². The summed E-state index contributed by atoms with van der Waals surface area (Å²) in [5, 5.41) is 18.2. The molecule has 22 heavy (non-hydrogen) atoms. The number of rotatable bonds is 5. The number of carbonyl (C=O) groups is 1. The van der Waals surface area contributed by atoms with Crippen molar-refractivity contribution in [3.63, 3.8) is 0 Å². The van der Waals surface area contributed by atoms with E-state index in [2.05, 4.69) is 15.2 Å². The molecule has 2 rings (SSSR count). The summed E-state index contributed by atoms with van der Waals surface area (Å²) in [7, 11) is 1.79. The van der Waals surface area contributed by atoms with Crippen LogP contribution in [0.15, 0.2) is 36.7 Å². The Morgan fingerprint density at radius 3 is 2.55 bits per heavy atom. The van der Waals surface area contributed by atoms with Crippen molar-refractivity contribution in [3.8, 4) is 0 Å². The number of anilines is 2. The fourth-order valence-corrected chi connectivity index (χ4v) is 1.87. The molecule has 0 aliphatic carbocycles. The molecule has 0 aromatic carbocycles. The van der Waals surface area contributed by atoms with Crippen LogP contribution < -0.4 is 15.8 Å². The molecule has 2 aromatic heterocycles. The highest BCUT2D eigenvalue weighted by Gasteiger charge is 2.16. The minimum absolute atomic E-state index is 0.225. The lowest BCUT2D eigenvalue weighted by molar-refractivity contribution is 0.0985. The fraction of sp³-hybridized carbons (Fsp3) is 0.286. The summed E-state index contributed by atoms with van der Waals surface area (Å²) >= 11 is 0. The van der Waals surface area contributed by atoms with Gasteiger partial charge in [0.1, 0.15) is 0 Å². The molecule has 3 N–H and O–H groups in total. The Balaban J connectivity index is 2.11. The summed E-state index contributed by atoms with van der Waals surface area (Å²) in [5.41, 5.74) is 0.363. The Hall–Kier alpha value is -2.58. The van der Waals surface area contributed by atoms with Crippen molar-refractivity contribution in [2.24, 2.45) is 5.84 Å². The topological polar surface area (TPSA) is 108 Å². The van der Waals surface area contributed by atoms with Crippen LogP contribution in [0.25, 0.3) is 0 Å². The molecule has 1 atom stereocenters. The fourth-order valence-electron chi connectivity index (χ4n) is 1.87. The summed E-state index contributed by atoms with van der Waals surface area (Å²) < 4.78 is 0. The first kappa shape index (κ1) is 15.8. The van der Waals surface area contributed by atoms with Crippen LogP contribution in [0.1, 0.15) is 17.3 Å². The van der Waals surface area contributed by atoms with E-state index in [4.69, 9.17) is 5.84 Å². The Morgan fingerprint density at radius 2 is 2.00 bits per heavy atom. The van der Waals surface area contributed by atoms with Crippen LogP contribution in [0.2, 0.25) is 0 Å². The van der Waals surface area contributed by atoms with Gasteiger partial charge >= 0.3 is 0 Å². The predicted molar refractivity (Wildman–Crippen MR) is 82.2 cm³/mol. The second-order valence-electron chi connectivity index (χ2n) is 4.90. The van der Waals surface area contributed by atoms with Gasteiger partial charge in [0.25, 0.3) is 5.91 Å². The van der Waals surface area contributed by atoms with Crippen molar-refractivity contribution in [2.45, 2.75) is 13.0 Å². The van der Waals surface area contributed by atoms with Gasteiger partial charge in [0.05, 0.1) is 11.7 Å². The number of aromatic nitrogens is 3. The van der Waals surface area contributed by atoms with Crippen LogP contribution in [0.4, 0.5) is 11.6 Å². The van der Waals surface area contributed by atoms with Crippen LogP contribution in [0, 0.1) is 0 Å². The van der Waals surface area contributed by atoms with Crippen molar-refractivity contribution < 1.29 is 9.90 Å².